The first-order valence-electron chi connectivity index (χ1n) is 45.9. The van der Waals surface area contributed by atoms with Gasteiger partial charge in [-0.25, -0.2) is 29.9 Å². The van der Waals surface area contributed by atoms with E-state index in [1.807, 2.05) is 322 Å². The summed E-state index contributed by atoms with van der Waals surface area (Å²) in [4.78, 5) is 93.0. The van der Waals surface area contributed by atoms with E-state index in [9.17, 15) is 19.2 Å². The Morgan fingerprint density at radius 3 is 1.05 bits per heavy atom. The Bertz CT molecular complexity index is 10400. The average Bonchev–Trinajstić information content (AvgIpc) is 1.58. The Morgan fingerprint density at radius 2 is 0.525 bits per heavy atom. The summed E-state index contributed by atoms with van der Waals surface area (Å²) >= 11 is 1.83. The number of aromatic nitrogens is 12. The van der Waals surface area contributed by atoms with Crippen molar-refractivity contribution in [3.05, 3.63) is 466 Å². The van der Waals surface area contributed by atoms with E-state index in [-0.39, 0.29) is 22.2 Å². The normalized spacial score (nSPS) is 11.9. The summed E-state index contributed by atoms with van der Waals surface area (Å²) in [6.45, 7) is 0. The second kappa shape index (κ2) is 32.0. The molecule has 16 nitrogen and oxygen atoms in total. The molecular weight excluding hydrogens is 1730 g/mol. The first-order valence-corrected chi connectivity index (χ1v) is 46.7. The SMILES string of the molecule is O=c1c2ccccc2c2ccc(-c3ccc4sc5ccccc5c4c3)c3c4ccccc4n1c23.O=c1c2ccccc2c2cccc3c4c(-c5nc(-c6ccccc6)nc(-c6ccccc6)n5)cccc4n1c23.O=c1c2ccccc2c2nccc3c4cc(-c5ccccc5)ccc4n1c32.O=c1c2ccccc2c2nccc3c4cc(-c5nc(-c6ccccc6)nc(-c6ccccc6)n5)ccc4n1c32. The third kappa shape index (κ3) is 12.7. The molecule has 0 aliphatic heterocycles. The Morgan fingerprint density at radius 1 is 0.180 bits per heavy atom. The van der Waals surface area contributed by atoms with Crippen LogP contribution in [0, 0.1) is 0 Å². The van der Waals surface area contributed by atoms with E-state index >= 15 is 0 Å². The van der Waals surface area contributed by atoms with E-state index in [0.29, 0.717) is 51.1 Å². The summed E-state index contributed by atoms with van der Waals surface area (Å²) in [7, 11) is 0. The van der Waals surface area contributed by atoms with Gasteiger partial charge in [0.2, 0.25) is 0 Å². The van der Waals surface area contributed by atoms with Gasteiger partial charge in [0.05, 0.1) is 55.2 Å². The third-order valence-electron chi connectivity index (χ3n) is 27.2. The van der Waals surface area contributed by atoms with Crippen LogP contribution >= 0.6 is 11.3 Å². The van der Waals surface area contributed by atoms with Crippen molar-refractivity contribution in [2.45, 2.75) is 0 Å². The average molecular weight is 1800 g/mol. The summed E-state index contributed by atoms with van der Waals surface area (Å²) in [5.74, 6) is 3.57. The van der Waals surface area contributed by atoms with Gasteiger partial charge in [-0.15, -0.1) is 11.3 Å². The van der Waals surface area contributed by atoms with Crippen molar-refractivity contribution in [1.29, 1.82) is 0 Å². The van der Waals surface area contributed by atoms with Gasteiger partial charge < -0.3 is 0 Å². The Hall–Kier alpha value is -18.8. The minimum Gasteiger partial charge on any atom is -0.275 e. The molecule has 17 aromatic carbocycles. The van der Waals surface area contributed by atoms with Crippen molar-refractivity contribution in [2.75, 3.05) is 0 Å². The first kappa shape index (κ1) is 79.9. The predicted octanol–water partition coefficient (Wildman–Crippen LogP) is 27.7. The van der Waals surface area contributed by atoms with E-state index in [1.165, 1.54) is 31.3 Å². The Labute approximate surface area is 792 Å². The lowest BCUT2D eigenvalue weighted by atomic mass is 9.95. The maximum Gasteiger partial charge on any atom is 0.263 e. The molecule has 0 aliphatic carbocycles. The number of hydrogen-bond donors (Lipinski definition) is 0. The van der Waals surface area contributed by atoms with Crippen LogP contribution in [0.15, 0.2) is 444 Å². The Kier molecular flexibility index (Phi) is 18.4. The van der Waals surface area contributed by atoms with Crippen molar-refractivity contribution < 1.29 is 0 Å². The molecule has 0 unspecified atom stereocenters. The molecule has 648 valence electrons. The van der Waals surface area contributed by atoms with Crippen LogP contribution in [0.1, 0.15) is 0 Å². The van der Waals surface area contributed by atoms with Crippen LogP contribution in [0.3, 0.4) is 0 Å². The predicted molar refractivity (Wildman–Crippen MR) is 568 cm³/mol. The van der Waals surface area contributed by atoms with Crippen LogP contribution < -0.4 is 22.2 Å². The molecule has 30 rings (SSSR count). The smallest absolute Gasteiger partial charge is 0.263 e. The van der Waals surface area contributed by atoms with Gasteiger partial charge >= 0.3 is 0 Å². The van der Waals surface area contributed by atoms with Gasteiger partial charge in [0.15, 0.2) is 34.9 Å². The minimum absolute atomic E-state index is 0.0126. The summed E-state index contributed by atoms with van der Waals surface area (Å²) in [5, 5.41) is 19.6. The van der Waals surface area contributed by atoms with Gasteiger partial charge in [-0.2, -0.15) is 0 Å². The molecule has 17 heteroatoms. The van der Waals surface area contributed by atoms with Crippen LogP contribution in [0.4, 0.5) is 0 Å². The quantitative estimate of drug-likeness (QED) is 0.131. The number of fused-ring (bicyclic) bond motifs is 23. The second-order valence-corrected chi connectivity index (χ2v) is 36.0. The molecule has 139 heavy (non-hydrogen) atoms. The molecule has 13 heterocycles. The first-order chi connectivity index (χ1) is 68.7. The monoisotopic (exact) mass is 1800 g/mol. The van der Waals surface area contributed by atoms with E-state index in [2.05, 4.69) is 137 Å². The number of hydrogen-bond acceptors (Lipinski definition) is 13. The molecular formula is C122H70N12O4S. The largest absolute Gasteiger partial charge is 0.275 e. The highest BCUT2D eigenvalue weighted by Crippen LogP contribution is 2.46. The van der Waals surface area contributed by atoms with Crippen LogP contribution in [0.25, 0.3) is 263 Å². The molecule has 0 aliphatic rings. The number of thiophene rings is 1. The zero-order chi connectivity index (χ0) is 92.2. The maximum absolute atomic E-state index is 13.8. The number of para-hydroxylation sites is 2. The fourth-order valence-electron chi connectivity index (χ4n) is 21.0. The lowest BCUT2D eigenvalue weighted by molar-refractivity contribution is 1.07. The van der Waals surface area contributed by atoms with Gasteiger partial charge in [-0.05, 0) is 130 Å². The van der Waals surface area contributed by atoms with Crippen LogP contribution in [0.2, 0.25) is 0 Å². The minimum atomic E-state index is -0.0447. The molecule has 0 radical (unpaired) electrons. The zero-order valence-corrected chi connectivity index (χ0v) is 74.6. The fraction of sp³-hybridized carbons (Fsp3) is 0. The summed E-state index contributed by atoms with van der Waals surface area (Å²) in [6, 6.07) is 138. The lowest BCUT2D eigenvalue weighted by Gasteiger charge is -2.10. The van der Waals surface area contributed by atoms with Crippen LogP contribution in [-0.2, 0) is 0 Å². The molecule has 0 atom stereocenters. The molecule has 0 bridgehead atoms. The standard InChI is InChI=1S/C34H20N4O.C33H19N5O.C31H17NOS.C24H14N2O/c39-34-25-16-8-7-15-23(25)24-17-9-18-26-29-27(19-10-20-28(29)38(34)30(24)26)33-36-31(21-11-3-1-4-12-21)35-32(37-33)22-13-5-2-6-14-22;39-33-25-14-8-7-13-23(25)28-29-24(17-18-34-28)26-19-22(15-16-27(26)38(29)33)32-36-30(20-9-3-1-4-10-20)35-31(37-32)21-11-5-2-6-12-21;33-31-23-9-2-1-7-20(23)22-15-14-19(29-24-10-3-5-11-26(24)32(31)30(22)29)18-13-16-28-25(17-18)21-8-4-6-12-27(21)34-28;27-24-19-9-5-4-8-17(19)22-23-18(12-13-25-22)20-14-16(10-11-21(20)26(23)24)15-6-2-1-3-7-15/h1-20H;1-19H;1-17H;1-14H. The number of nitrogens with zero attached hydrogens (tertiary/aromatic N) is 12. The van der Waals surface area contributed by atoms with Gasteiger partial charge in [0.1, 0.15) is 0 Å². The molecule has 0 fully saturated rings. The molecule has 0 saturated heterocycles. The molecule has 0 amide bonds. The number of pyridine rings is 6. The maximum atomic E-state index is 13.8. The van der Waals surface area contributed by atoms with Gasteiger partial charge in [-0.3, -0.25) is 46.7 Å². The summed E-state index contributed by atoms with van der Waals surface area (Å²) in [6.07, 6.45) is 3.65. The highest BCUT2D eigenvalue weighted by atomic mass is 32.1. The van der Waals surface area contributed by atoms with E-state index in [0.717, 1.165) is 180 Å². The molecule has 0 saturated carbocycles. The molecule has 0 N–H and O–H groups in total. The molecule has 13 aromatic heterocycles. The second-order valence-electron chi connectivity index (χ2n) is 34.9. The van der Waals surface area contributed by atoms with E-state index in [1.54, 1.807) is 4.40 Å². The molecule has 30 aromatic rings. The highest BCUT2D eigenvalue weighted by Gasteiger charge is 2.27. The topological polar surface area (TPSA) is 189 Å². The zero-order valence-electron chi connectivity index (χ0n) is 73.8. The van der Waals surface area contributed by atoms with Crippen molar-refractivity contribution in [2.24, 2.45) is 0 Å². The summed E-state index contributed by atoms with van der Waals surface area (Å²) in [5.41, 5.74) is 19.0. The van der Waals surface area contributed by atoms with Crippen LogP contribution in [-0.4, -0.2) is 57.5 Å². The van der Waals surface area contributed by atoms with Gasteiger partial charge in [-0.1, -0.05) is 315 Å². The van der Waals surface area contributed by atoms with E-state index < -0.39 is 0 Å². The summed E-state index contributed by atoms with van der Waals surface area (Å²) < 4.78 is 9.99. The fourth-order valence-corrected chi connectivity index (χ4v) is 22.1. The van der Waals surface area contributed by atoms with E-state index in [4.69, 9.17) is 29.9 Å². The van der Waals surface area contributed by atoms with Crippen molar-refractivity contribution >= 4 is 184 Å². The number of rotatable bonds is 8. The van der Waals surface area contributed by atoms with Crippen LogP contribution in [0.5, 0.6) is 0 Å². The third-order valence-corrected chi connectivity index (χ3v) is 28.4. The van der Waals surface area contributed by atoms with Gasteiger partial charge in [0, 0.05) is 152 Å². The van der Waals surface area contributed by atoms with Crippen molar-refractivity contribution in [1.82, 2.24) is 57.5 Å². The number of benzene rings is 17. The highest BCUT2D eigenvalue weighted by molar-refractivity contribution is 7.25. The van der Waals surface area contributed by atoms with Gasteiger partial charge in [0.25, 0.3) is 22.2 Å². The van der Waals surface area contributed by atoms with Crippen molar-refractivity contribution in [3.63, 3.8) is 0 Å². The van der Waals surface area contributed by atoms with Crippen molar-refractivity contribution in [3.8, 4) is 90.6 Å². The lowest BCUT2D eigenvalue weighted by Crippen LogP contribution is -2.13. The molecule has 0 spiro atoms. The Balaban J connectivity index is 0.0000000941.